The van der Waals surface area contributed by atoms with Crippen molar-refractivity contribution in [2.24, 2.45) is 5.73 Å². The minimum absolute atomic E-state index is 0.119. The summed E-state index contributed by atoms with van der Waals surface area (Å²) in [5, 5.41) is 0. The molecule has 4 nitrogen and oxygen atoms in total. The Bertz CT molecular complexity index is 694. The maximum Gasteiger partial charge on any atom is 0.241 e. The first-order valence-electron chi connectivity index (χ1n) is 6.78. The SMILES string of the molecule is Cc1sc(CN)cc1S(=O)(=O)NCC(C)c1ccccc1. The molecular weight excluding hydrogens is 304 g/mol. The van der Waals surface area contributed by atoms with Crippen molar-refractivity contribution in [3.05, 3.63) is 51.7 Å². The van der Waals surface area contributed by atoms with Crippen LogP contribution in [0.25, 0.3) is 0 Å². The molecule has 2 aromatic rings. The molecule has 1 heterocycles. The molecule has 21 heavy (non-hydrogen) atoms. The van der Waals surface area contributed by atoms with E-state index in [0.29, 0.717) is 18.0 Å². The minimum Gasteiger partial charge on any atom is -0.326 e. The standard InChI is InChI=1S/C15H20N2O2S2/c1-11(13-6-4-3-5-7-13)10-17-21(18,19)15-8-14(9-16)20-12(15)2/h3-8,11,17H,9-10,16H2,1-2H3. The molecule has 0 amide bonds. The lowest BCUT2D eigenvalue weighted by atomic mass is 10.0. The molecule has 0 aliphatic rings. The van der Waals surface area contributed by atoms with Crippen LogP contribution in [0.1, 0.15) is 28.2 Å². The molecule has 1 unspecified atom stereocenters. The van der Waals surface area contributed by atoms with Gasteiger partial charge in [-0.25, -0.2) is 13.1 Å². The average Bonchev–Trinajstić information content (AvgIpc) is 2.88. The zero-order valence-corrected chi connectivity index (χ0v) is 13.8. The van der Waals surface area contributed by atoms with Gasteiger partial charge in [0.05, 0.1) is 4.90 Å². The van der Waals surface area contributed by atoms with Crippen molar-refractivity contribution in [1.29, 1.82) is 0 Å². The van der Waals surface area contributed by atoms with Crippen molar-refractivity contribution in [2.45, 2.75) is 31.2 Å². The molecule has 0 aliphatic carbocycles. The topological polar surface area (TPSA) is 72.2 Å². The van der Waals surface area contributed by atoms with Crippen LogP contribution < -0.4 is 10.5 Å². The quantitative estimate of drug-likeness (QED) is 0.858. The predicted molar refractivity (Wildman–Crippen MR) is 87.0 cm³/mol. The number of thiophene rings is 1. The highest BCUT2D eigenvalue weighted by molar-refractivity contribution is 7.89. The largest absolute Gasteiger partial charge is 0.326 e. The number of nitrogens with two attached hydrogens (primary N) is 1. The third-order valence-electron chi connectivity index (χ3n) is 3.36. The van der Waals surface area contributed by atoms with Crippen LogP contribution >= 0.6 is 11.3 Å². The number of hydrogen-bond acceptors (Lipinski definition) is 4. The monoisotopic (exact) mass is 324 g/mol. The van der Waals surface area contributed by atoms with Gasteiger partial charge in [0.25, 0.3) is 0 Å². The van der Waals surface area contributed by atoms with Gasteiger partial charge >= 0.3 is 0 Å². The van der Waals surface area contributed by atoms with Crippen molar-refractivity contribution < 1.29 is 8.42 Å². The fraction of sp³-hybridized carbons (Fsp3) is 0.333. The molecule has 1 aromatic carbocycles. The van der Waals surface area contributed by atoms with E-state index in [4.69, 9.17) is 5.73 Å². The second kappa shape index (κ2) is 6.70. The Balaban J connectivity index is 2.09. The summed E-state index contributed by atoms with van der Waals surface area (Å²) in [6.45, 7) is 4.55. The summed E-state index contributed by atoms with van der Waals surface area (Å²) in [6.07, 6.45) is 0. The minimum atomic E-state index is -3.48. The molecule has 0 fully saturated rings. The van der Waals surface area contributed by atoms with Gasteiger partial charge in [-0.1, -0.05) is 37.3 Å². The molecule has 1 atom stereocenters. The van der Waals surface area contributed by atoms with Crippen LogP contribution in [0.5, 0.6) is 0 Å². The molecule has 1 aromatic heterocycles. The molecule has 6 heteroatoms. The van der Waals surface area contributed by atoms with Gasteiger partial charge in [-0.2, -0.15) is 0 Å². The number of sulfonamides is 1. The Labute approximate surface area is 130 Å². The van der Waals surface area contributed by atoms with Gasteiger partial charge in [0.2, 0.25) is 10.0 Å². The summed E-state index contributed by atoms with van der Waals surface area (Å²) in [5.74, 6) is 0.119. The second-order valence-electron chi connectivity index (χ2n) is 5.00. The fourth-order valence-electron chi connectivity index (χ4n) is 2.10. The first kappa shape index (κ1) is 16.2. The van der Waals surface area contributed by atoms with E-state index in [1.165, 1.54) is 11.3 Å². The molecule has 114 valence electrons. The molecule has 3 N–H and O–H groups in total. The van der Waals surface area contributed by atoms with Crippen LogP contribution in [0.4, 0.5) is 0 Å². The summed E-state index contributed by atoms with van der Waals surface area (Å²) >= 11 is 1.43. The van der Waals surface area contributed by atoms with Gasteiger partial charge in [0, 0.05) is 22.8 Å². The van der Waals surface area contributed by atoms with E-state index in [-0.39, 0.29) is 5.92 Å². The van der Waals surface area contributed by atoms with Crippen molar-refractivity contribution in [1.82, 2.24) is 4.72 Å². The van der Waals surface area contributed by atoms with Crippen LogP contribution in [0.15, 0.2) is 41.3 Å². The van der Waals surface area contributed by atoms with Crippen LogP contribution in [-0.4, -0.2) is 15.0 Å². The zero-order valence-electron chi connectivity index (χ0n) is 12.2. The second-order valence-corrected chi connectivity index (χ2v) is 8.08. The van der Waals surface area contributed by atoms with Gasteiger partial charge in [0.15, 0.2) is 0 Å². The number of aryl methyl sites for hydroxylation is 1. The third kappa shape index (κ3) is 3.91. The normalized spacial score (nSPS) is 13.3. The van der Waals surface area contributed by atoms with E-state index in [2.05, 4.69) is 4.72 Å². The lowest BCUT2D eigenvalue weighted by Crippen LogP contribution is -2.27. The highest BCUT2D eigenvalue weighted by Crippen LogP contribution is 2.25. The summed E-state index contributed by atoms with van der Waals surface area (Å²) < 4.78 is 27.4. The van der Waals surface area contributed by atoms with Crippen molar-refractivity contribution in [3.8, 4) is 0 Å². The fourth-order valence-corrected chi connectivity index (χ4v) is 4.75. The first-order chi connectivity index (χ1) is 9.94. The van der Waals surface area contributed by atoms with Crippen LogP contribution in [-0.2, 0) is 16.6 Å². The van der Waals surface area contributed by atoms with Crippen LogP contribution in [0.2, 0.25) is 0 Å². The highest BCUT2D eigenvalue weighted by atomic mass is 32.2. The maximum absolute atomic E-state index is 12.4. The molecule has 0 spiro atoms. The summed E-state index contributed by atoms with van der Waals surface area (Å²) in [7, 11) is -3.48. The van der Waals surface area contributed by atoms with Crippen LogP contribution in [0, 0.1) is 6.92 Å². The smallest absolute Gasteiger partial charge is 0.241 e. The molecule has 0 radical (unpaired) electrons. The van der Waals surface area contributed by atoms with E-state index in [1.807, 2.05) is 37.3 Å². The lowest BCUT2D eigenvalue weighted by molar-refractivity contribution is 0.575. The van der Waals surface area contributed by atoms with E-state index in [0.717, 1.165) is 15.3 Å². The lowest BCUT2D eigenvalue weighted by Gasteiger charge is -2.13. The number of rotatable bonds is 6. The highest BCUT2D eigenvalue weighted by Gasteiger charge is 2.20. The number of benzene rings is 1. The molecule has 0 saturated heterocycles. The number of nitrogens with one attached hydrogen (secondary N) is 1. The summed E-state index contributed by atoms with van der Waals surface area (Å²) in [6, 6.07) is 11.5. The molecule has 0 saturated carbocycles. The Morgan fingerprint density at radius 1 is 1.29 bits per heavy atom. The van der Waals surface area contributed by atoms with Gasteiger partial charge < -0.3 is 5.73 Å². The first-order valence-corrected chi connectivity index (χ1v) is 9.08. The third-order valence-corrected chi connectivity index (χ3v) is 6.11. The molecule has 2 rings (SSSR count). The summed E-state index contributed by atoms with van der Waals surface area (Å²) in [5.41, 5.74) is 6.68. The maximum atomic E-state index is 12.4. The van der Waals surface area contributed by atoms with Gasteiger partial charge in [-0.3, -0.25) is 0 Å². The Hall–Kier alpha value is -1.21. The Kier molecular flexibility index (Phi) is 5.16. The van der Waals surface area contributed by atoms with Crippen molar-refractivity contribution in [3.63, 3.8) is 0 Å². The molecule has 0 bridgehead atoms. The van der Waals surface area contributed by atoms with Crippen LogP contribution in [0.3, 0.4) is 0 Å². The predicted octanol–water partition coefficient (Wildman–Crippen LogP) is 2.60. The Morgan fingerprint density at radius 2 is 1.95 bits per heavy atom. The summed E-state index contributed by atoms with van der Waals surface area (Å²) in [4.78, 5) is 1.99. The molecule has 0 aliphatic heterocycles. The van der Waals surface area contributed by atoms with Gasteiger partial charge in [-0.15, -0.1) is 11.3 Å². The van der Waals surface area contributed by atoms with E-state index < -0.39 is 10.0 Å². The molecular formula is C15H20N2O2S2. The Morgan fingerprint density at radius 3 is 2.52 bits per heavy atom. The van der Waals surface area contributed by atoms with Gasteiger partial charge in [-0.05, 0) is 24.5 Å². The van der Waals surface area contributed by atoms with E-state index in [9.17, 15) is 8.42 Å². The van der Waals surface area contributed by atoms with E-state index in [1.54, 1.807) is 13.0 Å². The average molecular weight is 324 g/mol. The number of hydrogen-bond donors (Lipinski definition) is 2. The van der Waals surface area contributed by atoms with Gasteiger partial charge in [0.1, 0.15) is 0 Å². The van der Waals surface area contributed by atoms with Crippen molar-refractivity contribution in [2.75, 3.05) is 6.54 Å². The van der Waals surface area contributed by atoms with Crippen molar-refractivity contribution >= 4 is 21.4 Å². The van der Waals surface area contributed by atoms with E-state index >= 15 is 0 Å². The zero-order chi connectivity index (χ0) is 15.5.